The Kier molecular flexibility index (Phi) is 13.7. The summed E-state index contributed by atoms with van der Waals surface area (Å²) < 4.78 is 5.63. The van der Waals surface area contributed by atoms with Crippen LogP contribution in [0.2, 0.25) is 0 Å². The minimum Gasteiger partial charge on any atom is -0.459 e. The van der Waals surface area contributed by atoms with Crippen LogP contribution in [0.3, 0.4) is 0 Å². The van der Waals surface area contributed by atoms with Gasteiger partial charge in [0, 0.05) is 24.0 Å². The predicted molar refractivity (Wildman–Crippen MR) is 163 cm³/mol. The van der Waals surface area contributed by atoms with E-state index in [-0.39, 0.29) is 18.6 Å². The van der Waals surface area contributed by atoms with Crippen LogP contribution >= 0.6 is 33.3 Å². The van der Waals surface area contributed by atoms with Crippen molar-refractivity contribution in [2.75, 3.05) is 23.5 Å². The highest BCUT2D eigenvalue weighted by atomic mass is 33.1. The van der Waals surface area contributed by atoms with Crippen molar-refractivity contribution in [1.29, 1.82) is 0 Å². The number of rotatable bonds is 16. The Morgan fingerprint density at radius 1 is 0.842 bits per heavy atom. The van der Waals surface area contributed by atoms with Crippen LogP contribution in [0.1, 0.15) is 29.0 Å². The lowest BCUT2D eigenvalue weighted by molar-refractivity contribution is -0.149. The van der Waals surface area contributed by atoms with Crippen LogP contribution in [-0.2, 0) is 27.4 Å². The summed E-state index contributed by atoms with van der Waals surface area (Å²) in [6, 6.07) is 28.3. The first-order valence-corrected chi connectivity index (χ1v) is 16.5. The zero-order valence-corrected chi connectivity index (χ0v) is 24.1. The van der Waals surface area contributed by atoms with E-state index in [2.05, 4.69) is 11.6 Å². The van der Waals surface area contributed by atoms with Crippen molar-refractivity contribution in [2.24, 2.45) is 5.73 Å². The molecule has 0 saturated heterocycles. The summed E-state index contributed by atoms with van der Waals surface area (Å²) in [7, 11) is 3.34. The minimum absolute atomic E-state index is 0.138. The number of nitrogens with one attached hydrogen (secondary N) is 1. The van der Waals surface area contributed by atoms with E-state index in [1.807, 2.05) is 91.0 Å². The summed E-state index contributed by atoms with van der Waals surface area (Å²) in [4.78, 5) is 26.8. The van der Waals surface area contributed by atoms with Crippen LogP contribution in [0, 0.1) is 0 Å². The van der Waals surface area contributed by atoms with Gasteiger partial charge < -0.3 is 15.8 Å². The number of nitrogens with two attached hydrogens (primary N) is 1. The molecule has 0 heterocycles. The summed E-state index contributed by atoms with van der Waals surface area (Å²) in [5, 5.41) is 3.01. The van der Waals surface area contributed by atoms with Gasteiger partial charge in [-0.05, 0) is 35.1 Å². The molecule has 0 aromatic heterocycles. The van der Waals surface area contributed by atoms with E-state index in [0.717, 1.165) is 34.6 Å². The zero-order chi connectivity index (χ0) is 27.0. The van der Waals surface area contributed by atoms with E-state index in [0.29, 0.717) is 12.2 Å². The van der Waals surface area contributed by atoms with E-state index in [4.69, 9.17) is 10.5 Å². The van der Waals surface area contributed by atoms with Crippen molar-refractivity contribution in [3.63, 3.8) is 0 Å². The van der Waals surface area contributed by atoms with E-state index in [1.54, 1.807) is 33.3 Å². The minimum atomic E-state index is -0.794. The van der Waals surface area contributed by atoms with Crippen molar-refractivity contribution < 1.29 is 14.3 Å². The molecular weight excluding hydrogens is 533 g/mol. The molecule has 8 heteroatoms. The molecule has 38 heavy (non-hydrogen) atoms. The fourth-order valence-electron chi connectivity index (χ4n) is 3.76. The lowest BCUT2D eigenvalue weighted by atomic mass is 9.99. The summed E-state index contributed by atoms with van der Waals surface area (Å²) >= 11 is 1.80. The number of benzene rings is 3. The van der Waals surface area contributed by atoms with Gasteiger partial charge in [-0.15, -0.1) is 0 Å². The molecule has 0 unspecified atom stereocenters. The van der Waals surface area contributed by atoms with E-state index in [9.17, 15) is 9.59 Å². The molecule has 0 spiro atoms. The Hall–Kier alpha value is -2.39. The first-order valence-electron chi connectivity index (χ1n) is 12.7. The molecular formula is C30H36N2O3S3. The summed E-state index contributed by atoms with van der Waals surface area (Å²) in [6.07, 6.45) is 3.41. The molecule has 0 saturated carbocycles. The maximum absolute atomic E-state index is 13.6. The molecule has 3 rings (SSSR count). The van der Waals surface area contributed by atoms with E-state index >= 15 is 0 Å². The van der Waals surface area contributed by atoms with Crippen molar-refractivity contribution in [2.45, 2.75) is 37.5 Å². The first kappa shape index (κ1) is 30.2. The monoisotopic (exact) mass is 568 g/mol. The number of hydrogen-bond donors (Lipinski definition) is 2. The second kappa shape index (κ2) is 17.2. The van der Waals surface area contributed by atoms with Gasteiger partial charge in [0.25, 0.3) is 0 Å². The molecule has 3 aromatic carbocycles. The van der Waals surface area contributed by atoms with Gasteiger partial charge in [-0.1, -0.05) is 113 Å². The van der Waals surface area contributed by atoms with Gasteiger partial charge in [-0.25, -0.2) is 4.79 Å². The lowest BCUT2D eigenvalue weighted by Gasteiger charge is -2.22. The molecule has 0 aliphatic carbocycles. The molecule has 0 radical (unpaired) electrons. The fraction of sp³-hybridized carbons (Fsp3) is 0.333. The van der Waals surface area contributed by atoms with Gasteiger partial charge in [-0.3, -0.25) is 4.79 Å². The van der Waals surface area contributed by atoms with E-state index in [1.165, 1.54) is 0 Å². The maximum Gasteiger partial charge on any atom is 0.329 e. The average molecular weight is 569 g/mol. The molecule has 0 bridgehead atoms. The standard InChI is InChI=1S/C30H36N2O3S3/c1-36-18-17-26(31)21-37-38-22-27(25-15-9-4-10-16-25)29(33)32-28(19-23-11-5-2-6-12-23)30(34)35-20-24-13-7-3-8-14-24/h2-16,26-28H,17-22,31H2,1H3,(H,32,33)/t26-,27+,28-/m0/s1. The lowest BCUT2D eigenvalue weighted by Crippen LogP contribution is -2.45. The highest BCUT2D eigenvalue weighted by Gasteiger charge is 2.28. The van der Waals surface area contributed by atoms with Gasteiger partial charge in [0.2, 0.25) is 5.91 Å². The number of carbonyl (C=O) groups excluding carboxylic acids is 2. The summed E-state index contributed by atoms with van der Waals surface area (Å²) in [5.74, 6) is 1.42. The second-order valence-corrected chi connectivity index (χ2v) is 12.5. The smallest absolute Gasteiger partial charge is 0.329 e. The third-order valence-corrected chi connectivity index (χ3v) is 9.08. The van der Waals surface area contributed by atoms with Gasteiger partial charge in [-0.2, -0.15) is 11.8 Å². The molecule has 1 amide bonds. The molecule has 202 valence electrons. The third-order valence-electron chi connectivity index (χ3n) is 5.92. The molecule has 0 fully saturated rings. The highest BCUT2D eigenvalue weighted by Crippen LogP contribution is 2.30. The Labute approximate surface area is 238 Å². The summed E-state index contributed by atoms with van der Waals surface area (Å²) in [5.41, 5.74) is 8.98. The largest absolute Gasteiger partial charge is 0.459 e. The first-order chi connectivity index (χ1) is 18.6. The fourth-order valence-corrected chi connectivity index (χ4v) is 6.82. The summed E-state index contributed by atoms with van der Waals surface area (Å²) in [6.45, 7) is 0.159. The Morgan fingerprint density at radius 3 is 2.05 bits per heavy atom. The van der Waals surface area contributed by atoms with Crippen LogP contribution in [0.25, 0.3) is 0 Å². The number of esters is 1. The predicted octanol–water partition coefficient (Wildman–Crippen LogP) is 5.70. The average Bonchev–Trinajstić information content (AvgIpc) is 2.96. The van der Waals surface area contributed by atoms with Gasteiger partial charge in [0.1, 0.15) is 12.6 Å². The van der Waals surface area contributed by atoms with Gasteiger partial charge in [0.15, 0.2) is 0 Å². The van der Waals surface area contributed by atoms with Gasteiger partial charge >= 0.3 is 5.97 Å². The number of carbonyl (C=O) groups is 2. The second-order valence-electron chi connectivity index (χ2n) is 8.92. The quantitative estimate of drug-likeness (QED) is 0.130. The van der Waals surface area contributed by atoms with Crippen LogP contribution in [0.5, 0.6) is 0 Å². The molecule has 0 aliphatic heterocycles. The van der Waals surface area contributed by atoms with Crippen molar-refractivity contribution in [3.05, 3.63) is 108 Å². The number of ether oxygens (including phenoxy) is 1. The maximum atomic E-state index is 13.6. The highest BCUT2D eigenvalue weighted by molar-refractivity contribution is 8.76. The molecule has 0 aliphatic rings. The van der Waals surface area contributed by atoms with Crippen LogP contribution in [0.4, 0.5) is 0 Å². The van der Waals surface area contributed by atoms with Crippen molar-refractivity contribution in [3.8, 4) is 0 Å². The van der Waals surface area contributed by atoms with Crippen molar-refractivity contribution >= 4 is 45.2 Å². The number of thioether (sulfide) groups is 1. The molecule has 5 nitrogen and oxygen atoms in total. The number of hydrogen-bond acceptors (Lipinski definition) is 7. The van der Waals surface area contributed by atoms with Crippen LogP contribution in [0.15, 0.2) is 91.0 Å². The normalized spacial score (nSPS) is 13.3. The molecule has 3 aromatic rings. The zero-order valence-electron chi connectivity index (χ0n) is 21.7. The van der Waals surface area contributed by atoms with Gasteiger partial charge in [0.05, 0.1) is 5.92 Å². The van der Waals surface area contributed by atoms with Crippen LogP contribution in [-0.4, -0.2) is 47.5 Å². The van der Waals surface area contributed by atoms with E-state index < -0.39 is 17.9 Å². The van der Waals surface area contributed by atoms with Crippen LogP contribution < -0.4 is 11.1 Å². The van der Waals surface area contributed by atoms with Crippen molar-refractivity contribution in [1.82, 2.24) is 5.32 Å². The molecule has 3 N–H and O–H groups in total. The topological polar surface area (TPSA) is 81.4 Å². The Morgan fingerprint density at radius 2 is 1.42 bits per heavy atom. The molecule has 3 atom stereocenters. The third kappa shape index (κ3) is 10.8. The Bertz CT molecular complexity index is 1090. The number of amides is 1. The SMILES string of the molecule is CSCC[C@H](N)CSSC[C@@H](C(=O)N[C@@H](Cc1ccccc1)C(=O)OCc1ccccc1)c1ccccc1. The Balaban J connectivity index is 1.68.